The summed E-state index contributed by atoms with van der Waals surface area (Å²) in [6.45, 7) is 10.9. The first kappa shape index (κ1) is 25.0. The lowest BCUT2D eigenvalue weighted by molar-refractivity contribution is 0.0998. The number of hydrogen-bond acceptors (Lipinski definition) is 4. The van der Waals surface area contributed by atoms with Crippen LogP contribution < -0.4 is 5.32 Å². The van der Waals surface area contributed by atoms with Gasteiger partial charge in [-0.15, -0.1) is 0 Å². The van der Waals surface area contributed by atoms with E-state index in [0.29, 0.717) is 35.3 Å². The number of nitrogens with zero attached hydrogens (tertiary/aromatic N) is 1. The average Bonchev–Trinajstić information content (AvgIpc) is 3.12. The number of sulfonamides is 1. The van der Waals surface area contributed by atoms with Crippen LogP contribution >= 0.6 is 0 Å². The molecule has 1 heterocycles. The molecule has 33 heavy (non-hydrogen) atoms. The standard InChI is InChI=1S/C26H34N2O4S/c1-6-8-14-28(15-9-7-2)33(30,31)22-12-13-24-23(17-22)20(5)25(32-24)26(29)27-21-11-10-18(3)19(4)16-21/h10-13,16-17H,6-9,14-15H2,1-5H3,(H,27,29). The number of amides is 1. The van der Waals surface area contributed by atoms with Gasteiger partial charge in [0.1, 0.15) is 5.58 Å². The highest BCUT2D eigenvalue weighted by molar-refractivity contribution is 7.89. The number of anilines is 1. The Balaban J connectivity index is 1.92. The molecule has 0 saturated heterocycles. The molecule has 1 amide bonds. The Morgan fingerprint density at radius 3 is 2.21 bits per heavy atom. The Bertz CT molecular complexity index is 1240. The Hall–Kier alpha value is -2.64. The molecule has 2 aromatic carbocycles. The molecule has 0 aliphatic heterocycles. The first-order valence-corrected chi connectivity index (χ1v) is 13.0. The maximum absolute atomic E-state index is 13.4. The van der Waals surface area contributed by atoms with Crippen LogP contribution in [0.3, 0.4) is 0 Å². The van der Waals surface area contributed by atoms with Crippen molar-refractivity contribution in [3.8, 4) is 0 Å². The highest BCUT2D eigenvalue weighted by atomic mass is 32.2. The van der Waals surface area contributed by atoms with E-state index in [1.54, 1.807) is 29.4 Å². The Kier molecular flexibility index (Phi) is 7.97. The van der Waals surface area contributed by atoms with Crippen LogP contribution in [0.15, 0.2) is 45.7 Å². The van der Waals surface area contributed by atoms with Gasteiger partial charge in [-0.2, -0.15) is 4.31 Å². The SMILES string of the molecule is CCCCN(CCCC)S(=O)(=O)c1ccc2oc(C(=O)Nc3ccc(C)c(C)c3)c(C)c2c1. The van der Waals surface area contributed by atoms with E-state index in [4.69, 9.17) is 4.42 Å². The Morgan fingerprint density at radius 2 is 1.61 bits per heavy atom. The van der Waals surface area contributed by atoms with Crippen molar-refractivity contribution < 1.29 is 17.6 Å². The summed E-state index contributed by atoms with van der Waals surface area (Å²) in [5, 5.41) is 3.51. The number of furan rings is 1. The second-order valence-corrected chi connectivity index (χ2v) is 10.5. The summed E-state index contributed by atoms with van der Waals surface area (Å²) in [7, 11) is -3.63. The minimum Gasteiger partial charge on any atom is -0.451 e. The molecule has 0 radical (unpaired) electrons. The van der Waals surface area contributed by atoms with E-state index in [2.05, 4.69) is 19.2 Å². The van der Waals surface area contributed by atoms with Crippen molar-refractivity contribution >= 4 is 32.6 Å². The molecule has 0 fully saturated rings. The summed E-state index contributed by atoms with van der Waals surface area (Å²) < 4.78 is 34.1. The predicted molar refractivity (Wildman–Crippen MR) is 133 cm³/mol. The fourth-order valence-corrected chi connectivity index (χ4v) is 5.30. The zero-order chi connectivity index (χ0) is 24.2. The lowest BCUT2D eigenvalue weighted by Gasteiger charge is -2.22. The summed E-state index contributed by atoms with van der Waals surface area (Å²) in [5.74, 6) is -0.171. The molecule has 0 unspecified atom stereocenters. The molecule has 0 bridgehead atoms. The third kappa shape index (κ3) is 5.47. The van der Waals surface area contributed by atoms with Gasteiger partial charge in [0.25, 0.3) is 5.91 Å². The van der Waals surface area contributed by atoms with Gasteiger partial charge in [-0.1, -0.05) is 32.8 Å². The van der Waals surface area contributed by atoms with Crippen molar-refractivity contribution in [1.29, 1.82) is 0 Å². The van der Waals surface area contributed by atoms with E-state index in [0.717, 1.165) is 36.8 Å². The van der Waals surface area contributed by atoms with Gasteiger partial charge in [0.05, 0.1) is 4.90 Å². The zero-order valence-corrected chi connectivity index (χ0v) is 21.0. The number of carbonyl (C=O) groups is 1. The van der Waals surface area contributed by atoms with Crippen LogP contribution in [0.2, 0.25) is 0 Å². The molecule has 0 aliphatic carbocycles. The number of unbranched alkanes of at least 4 members (excludes halogenated alkanes) is 2. The topological polar surface area (TPSA) is 79.6 Å². The van der Waals surface area contributed by atoms with Gasteiger partial charge in [0.2, 0.25) is 10.0 Å². The van der Waals surface area contributed by atoms with Crippen molar-refractivity contribution in [3.63, 3.8) is 0 Å². The smallest absolute Gasteiger partial charge is 0.291 e. The lowest BCUT2D eigenvalue weighted by atomic mass is 10.1. The number of benzene rings is 2. The van der Waals surface area contributed by atoms with Crippen LogP contribution in [0, 0.1) is 20.8 Å². The molecule has 6 nitrogen and oxygen atoms in total. The largest absolute Gasteiger partial charge is 0.451 e. The van der Waals surface area contributed by atoms with E-state index in [-0.39, 0.29) is 16.6 Å². The normalized spacial score (nSPS) is 11.9. The molecule has 7 heteroatoms. The van der Waals surface area contributed by atoms with Crippen molar-refractivity contribution in [2.24, 2.45) is 0 Å². The number of rotatable bonds is 10. The molecule has 0 atom stereocenters. The molecule has 3 aromatic rings. The second-order valence-electron chi connectivity index (χ2n) is 8.58. The fraction of sp³-hybridized carbons (Fsp3) is 0.423. The quantitative estimate of drug-likeness (QED) is 0.382. The highest BCUT2D eigenvalue weighted by Crippen LogP contribution is 2.30. The number of nitrogens with one attached hydrogen (secondary N) is 1. The molecular weight excluding hydrogens is 436 g/mol. The monoisotopic (exact) mass is 470 g/mol. The van der Waals surface area contributed by atoms with E-state index in [1.807, 2.05) is 32.0 Å². The van der Waals surface area contributed by atoms with Gasteiger partial charge in [0, 0.05) is 29.7 Å². The van der Waals surface area contributed by atoms with Gasteiger partial charge >= 0.3 is 0 Å². The van der Waals surface area contributed by atoms with Crippen LogP contribution in [0.25, 0.3) is 11.0 Å². The average molecular weight is 471 g/mol. The van der Waals surface area contributed by atoms with Crippen molar-refractivity contribution in [2.45, 2.75) is 65.2 Å². The molecule has 0 spiro atoms. The zero-order valence-electron chi connectivity index (χ0n) is 20.2. The second kappa shape index (κ2) is 10.5. The van der Waals surface area contributed by atoms with Crippen molar-refractivity contribution in [2.75, 3.05) is 18.4 Å². The summed E-state index contributed by atoms with van der Waals surface area (Å²) in [6, 6.07) is 10.6. The van der Waals surface area contributed by atoms with Gasteiger partial charge in [-0.3, -0.25) is 4.79 Å². The van der Waals surface area contributed by atoms with Crippen LogP contribution in [0.1, 0.15) is 66.8 Å². The first-order valence-electron chi connectivity index (χ1n) is 11.6. The summed E-state index contributed by atoms with van der Waals surface area (Å²) in [6.07, 6.45) is 3.49. The van der Waals surface area contributed by atoms with Crippen LogP contribution in [0.5, 0.6) is 0 Å². The van der Waals surface area contributed by atoms with E-state index < -0.39 is 10.0 Å². The van der Waals surface area contributed by atoms with Gasteiger partial charge < -0.3 is 9.73 Å². The molecule has 3 rings (SSSR count). The van der Waals surface area contributed by atoms with Gasteiger partial charge in [0.15, 0.2) is 5.76 Å². The molecular formula is C26H34N2O4S. The molecule has 1 aromatic heterocycles. The van der Waals surface area contributed by atoms with Crippen LogP contribution in [-0.4, -0.2) is 31.7 Å². The van der Waals surface area contributed by atoms with Crippen LogP contribution in [0.4, 0.5) is 5.69 Å². The first-order chi connectivity index (χ1) is 15.7. The van der Waals surface area contributed by atoms with Crippen LogP contribution in [-0.2, 0) is 10.0 Å². The van der Waals surface area contributed by atoms with E-state index >= 15 is 0 Å². The molecule has 0 aliphatic rings. The van der Waals surface area contributed by atoms with Gasteiger partial charge in [-0.05, 0) is 75.1 Å². The maximum atomic E-state index is 13.4. The summed E-state index contributed by atoms with van der Waals surface area (Å²) in [4.78, 5) is 13.1. The third-order valence-corrected chi connectivity index (χ3v) is 7.93. The molecule has 178 valence electrons. The summed E-state index contributed by atoms with van der Waals surface area (Å²) >= 11 is 0. The molecule has 1 N–H and O–H groups in total. The van der Waals surface area contributed by atoms with Gasteiger partial charge in [-0.25, -0.2) is 8.42 Å². The maximum Gasteiger partial charge on any atom is 0.291 e. The third-order valence-electron chi connectivity index (χ3n) is 6.04. The number of fused-ring (bicyclic) bond motifs is 1. The predicted octanol–water partition coefficient (Wildman–Crippen LogP) is 6.20. The van der Waals surface area contributed by atoms with Crippen molar-refractivity contribution in [1.82, 2.24) is 4.31 Å². The number of aryl methyl sites for hydroxylation is 3. The Labute approximate surface area is 197 Å². The fourth-order valence-electron chi connectivity index (χ4n) is 3.75. The number of carbonyl (C=O) groups excluding carboxylic acids is 1. The van der Waals surface area contributed by atoms with Crippen molar-refractivity contribution in [3.05, 3.63) is 58.8 Å². The molecule has 0 saturated carbocycles. The minimum atomic E-state index is -3.63. The highest BCUT2D eigenvalue weighted by Gasteiger charge is 2.26. The van der Waals surface area contributed by atoms with E-state index in [1.165, 1.54) is 0 Å². The lowest BCUT2D eigenvalue weighted by Crippen LogP contribution is -2.33. The Morgan fingerprint density at radius 1 is 0.939 bits per heavy atom. The van der Waals surface area contributed by atoms with E-state index in [9.17, 15) is 13.2 Å². The number of hydrogen-bond donors (Lipinski definition) is 1. The summed E-state index contributed by atoms with van der Waals surface area (Å²) in [5.41, 5.74) is 4.03. The minimum absolute atomic E-state index is 0.187.